The average molecular weight is 283 g/mol. The van der Waals surface area contributed by atoms with Crippen molar-refractivity contribution in [2.24, 2.45) is 0 Å². The van der Waals surface area contributed by atoms with Crippen LogP contribution in [0.15, 0.2) is 30.3 Å². The molecule has 19 heavy (non-hydrogen) atoms. The van der Waals surface area contributed by atoms with E-state index in [9.17, 15) is 18.4 Å². The lowest BCUT2D eigenvalue weighted by molar-refractivity contribution is 0.0702. The van der Waals surface area contributed by atoms with Gasteiger partial charge in [-0.2, -0.15) is 0 Å². The van der Waals surface area contributed by atoms with E-state index in [0.717, 1.165) is 29.5 Å². The molecule has 2 aromatic rings. The fourth-order valence-corrected chi connectivity index (χ4v) is 2.09. The Labute approximate surface area is 110 Å². The van der Waals surface area contributed by atoms with Crippen LogP contribution >= 0.6 is 11.3 Å². The summed E-state index contributed by atoms with van der Waals surface area (Å²) in [4.78, 5) is 22.5. The lowest BCUT2D eigenvalue weighted by Crippen LogP contribution is -2.11. The summed E-state index contributed by atoms with van der Waals surface area (Å²) in [5, 5.41) is 10.9. The third-order valence-corrected chi connectivity index (χ3v) is 3.29. The molecule has 0 radical (unpaired) electrons. The first-order valence-electron chi connectivity index (χ1n) is 5.07. The SMILES string of the molecule is O=C(O)c1ccc(C(=O)Nc2cc(F)ccc2F)s1. The number of hydrogen-bond donors (Lipinski definition) is 2. The number of rotatable bonds is 3. The van der Waals surface area contributed by atoms with Crippen LogP contribution in [-0.4, -0.2) is 17.0 Å². The van der Waals surface area contributed by atoms with Crippen LogP contribution in [0, 0.1) is 11.6 Å². The van der Waals surface area contributed by atoms with Crippen molar-refractivity contribution in [1.82, 2.24) is 0 Å². The van der Waals surface area contributed by atoms with Gasteiger partial charge in [0.2, 0.25) is 0 Å². The van der Waals surface area contributed by atoms with Crippen molar-refractivity contribution >= 4 is 28.9 Å². The number of halogens is 2. The minimum absolute atomic E-state index is 0.00939. The van der Waals surface area contributed by atoms with Crippen LogP contribution in [0.2, 0.25) is 0 Å². The Bertz CT molecular complexity index is 654. The third-order valence-electron chi connectivity index (χ3n) is 2.22. The van der Waals surface area contributed by atoms with E-state index in [1.165, 1.54) is 12.1 Å². The van der Waals surface area contributed by atoms with E-state index in [-0.39, 0.29) is 15.4 Å². The van der Waals surface area contributed by atoms with Crippen molar-refractivity contribution in [1.29, 1.82) is 0 Å². The van der Waals surface area contributed by atoms with Gasteiger partial charge in [0.1, 0.15) is 16.5 Å². The Morgan fingerprint density at radius 2 is 1.79 bits per heavy atom. The van der Waals surface area contributed by atoms with E-state index >= 15 is 0 Å². The van der Waals surface area contributed by atoms with E-state index in [1.807, 2.05) is 0 Å². The number of hydrogen-bond acceptors (Lipinski definition) is 3. The topological polar surface area (TPSA) is 66.4 Å². The highest BCUT2D eigenvalue weighted by molar-refractivity contribution is 7.15. The Morgan fingerprint density at radius 1 is 1.11 bits per heavy atom. The van der Waals surface area contributed by atoms with Crippen molar-refractivity contribution in [2.75, 3.05) is 5.32 Å². The molecule has 0 aliphatic heterocycles. The first-order chi connectivity index (χ1) is 8.97. The molecule has 1 amide bonds. The number of carboxylic acid groups (broad SMARTS) is 1. The molecule has 1 heterocycles. The molecule has 98 valence electrons. The number of thiophene rings is 1. The molecule has 2 N–H and O–H groups in total. The molecule has 0 aliphatic carbocycles. The maximum Gasteiger partial charge on any atom is 0.345 e. The molecule has 0 saturated carbocycles. The normalized spacial score (nSPS) is 10.2. The van der Waals surface area contributed by atoms with Gasteiger partial charge in [-0.05, 0) is 24.3 Å². The molecule has 1 aromatic carbocycles. The predicted molar refractivity (Wildman–Crippen MR) is 65.6 cm³/mol. The third kappa shape index (κ3) is 2.94. The van der Waals surface area contributed by atoms with Crippen LogP contribution in [0.1, 0.15) is 19.3 Å². The fourth-order valence-electron chi connectivity index (χ4n) is 1.35. The van der Waals surface area contributed by atoms with E-state index < -0.39 is 23.5 Å². The minimum Gasteiger partial charge on any atom is -0.477 e. The Morgan fingerprint density at radius 3 is 2.42 bits per heavy atom. The smallest absolute Gasteiger partial charge is 0.345 e. The van der Waals surface area contributed by atoms with Crippen LogP contribution in [0.3, 0.4) is 0 Å². The molecular formula is C12H7F2NO3S. The highest BCUT2D eigenvalue weighted by Crippen LogP contribution is 2.20. The zero-order valence-electron chi connectivity index (χ0n) is 9.31. The first kappa shape index (κ1) is 13.2. The molecule has 4 nitrogen and oxygen atoms in total. The predicted octanol–water partition coefficient (Wildman–Crippen LogP) is 2.98. The number of benzene rings is 1. The fraction of sp³-hybridized carbons (Fsp3) is 0. The lowest BCUT2D eigenvalue weighted by atomic mass is 10.3. The van der Waals surface area contributed by atoms with Gasteiger partial charge in [0.15, 0.2) is 0 Å². The summed E-state index contributed by atoms with van der Waals surface area (Å²) in [7, 11) is 0. The van der Waals surface area contributed by atoms with Crippen LogP contribution in [0.4, 0.5) is 14.5 Å². The summed E-state index contributed by atoms with van der Waals surface area (Å²) in [5.74, 6) is -3.30. The van der Waals surface area contributed by atoms with Crippen molar-refractivity contribution in [3.05, 3.63) is 51.7 Å². The molecule has 0 spiro atoms. The standard InChI is InChI=1S/C12H7F2NO3S/c13-6-1-2-7(14)8(5-6)15-11(16)9-3-4-10(19-9)12(17)18/h1-5H,(H,15,16)(H,17,18). The second kappa shape index (κ2) is 5.15. The van der Waals surface area contributed by atoms with Crippen LogP contribution in [0.25, 0.3) is 0 Å². The molecule has 7 heteroatoms. The second-order valence-corrected chi connectivity index (χ2v) is 4.63. The number of aromatic carboxylic acids is 1. The van der Waals surface area contributed by atoms with Crippen molar-refractivity contribution in [2.45, 2.75) is 0 Å². The van der Waals surface area contributed by atoms with E-state index in [1.54, 1.807) is 0 Å². The molecule has 0 atom stereocenters. The van der Waals surface area contributed by atoms with Crippen LogP contribution in [-0.2, 0) is 0 Å². The molecule has 0 aliphatic rings. The van der Waals surface area contributed by atoms with Crippen molar-refractivity contribution in [3.8, 4) is 0 Å². The Hall–Kier alpha value is -2.28. The van der Waals surface area contributed by atoms with Gasteiger partial charge in [0.25, 0.3) is 5.91 Å². The number of carbonyl (C=O) groups is 2. The maximum atomic E-state index is 13.3. The zero-order valence-corrected chi connectivity index (χ0v) is 10.1. The maximum absolute atomic E-state index is 13.3. The number of nitrogens with one attached hydrogen (secondary N) is 1. The lowest BCUT2D eigenvalue weighted by Gasteiger charge is -2.04. The number of amides is 1. The van der Waals surface area contributed by atoms with Gasteiger partial charge in [-0.1, -0.05) is 0 Å². The summed E-state index contributed by atoms with van der Waals surface area (Å²) in [6.07, 6.45) is 0. The highest BCUT2D eigenvalue weighted by atomic mass is 32.1. The molecular weight excluding hydrogens is 276 g/mol. The molecule has 0 fully saturated rings. The number of anilines is 1. The summed E-state index contributed by atoms with van der Waals surface area (Å²) >= 11 is 0.751. The summed E-state index contributed by atoms with van der Waals surface area (Å²) in [6.45, 7) is 0. The van der Waals surface area contributed by atoms with Gasteiger partial charge in [-0.15, -0.1) is 11.3 Å². The summed E-state index contributed by atoms with van der Waals surface area (Å²) < 4.78 is 26.2. The summed E-state index contributed by atoms with van der Waals surface area (Å²) in [5.41, 5.74) is -0.296. The quantitative estimate of drug-likeness (QED) is 0.910. The zero-order chi connectivity index (χ0) is 14.0. The Kier molecular flexibility index (Phi) is 3.57. The molecule has 0 saturated heterocycles. The van der Waals surface area contributed by atoms with Crippen LogP contribution < -0.4 is 5.32 Å². The average Bonchev–Trinajstić information content (AvgIpc) is 2.83. The molecule has 1 aromatic heterocycles. The minimum atomic E-state index is -1.15. The van der Waals surface area contributed by atoms with Gasteiger partial charge in [0.05, 0.1) is 10.6 Å². The van der Waals surface area contributed by atoms with Gasteiger partial charge >= 0.3 is 5.97 Å². The van der Waals surface area contributed by atoms with Gasteiger partial charge in [0, 0.05) is 6.07 Å². The Balaban J connectivity index is 2.20. The van der Waals surface area contributed by atoms with Crippen LogP contribution in [0.5, 0.6) is 0 Å². The monoisotopic (exact) mass is 283 g/mol. The van der Waals surface area contributed by atoms with E-state index in [2.05, 4.69) is 5.32 Å². The van der Waals surface area contributed by atoms with Crippen molar-refractivity contribution in [3.63, 3.8) is 0 Å². The molecule has 0 bridgehead atoms. The largest absolute Gasteiger partial charge is 0.477 e. The highest BCUT2D eigenvalue weighted by Gasteiger charge is 2.14. The van der Waals surface area contributed by atoms with Gasteiger partial charge in [-0.3, -0.25) is 4.79 Å². The number of carboxylic acids is 1. The van der Waals surface area contributed by atoms with Gasteiger partial charge < -0.3 is 10.4 Å². The second-order valence-electron chi connectivity index (χ2n) is 3.55. The number of carbonyl (C=O) groups excluding carboxylic acids is 1. The summed E-state index contributed by atoms with van der Waals surface area (Å²) in [6, 6.07) is 5.24. The van der Waals surface area contributed by atoms with Gasteiger partial charge in [-0.25, -0.2) is 13.6 Å². The van der Waals surface area contributed by atoms with E-state index in [0.29, 0.717) is 0 Å². The first-order valence-corrected chi connectivity index (χ1v) is 5.88. The molecule has 0 unspecified atom stereocenters. The molecule has 2 rings (SSSR count). The van der Waals surface area contributed by atoms with E-state index in [4.69, 9.17) is 5.11 Å². The van der Waals surface area contributed by atoms with Crippen molar-refractivity contribution < 1.29 is 23.5 Å².